The lowest BCUT2D eigenvalue weighted by atomic mass is 10.1. The quantitative estimate of drug-likeness (QED) is 0.829. The summed E-state index contributed by atoms with van der Waals surface area (Å²) in [5.41, 5.74) is 1.31. The van der Waals surface area contributed by atoms with Crippen LogP contribution in [0, 0.1) is 5.82 Å². The van der Waals surface area contributed by atoms with Crippen molar-refractivity contribution in [2.45, 2.75) is 19.5 Å². The largest absolute Gasteiger partial charge is 0.465 e. The summed E-state index contributed by atoms with van der Waals surface area (Å²) >= 11 is 0. The van der Waals surface area contributed by atoms with E-state index in [9.17, 15) is 9.18 Å². The van der Waals surface area contributed by atoms with Crippen molar-refractivity contribution in [3.8, 4) is 0 Å². The summed E-state index contributed by atoms with van der Waals surface area (Å²) < 4.78 is 18.7. The smallest absolute Gasteiger partial charge is 0.327 e. The highest BCUT2D eigenvalue weighted by molar-refractivity contribution is 5.77. The van der Waals surface area contributed by atoms with Gasteiger partial charge in [0.2, 0.25) is 0 Å². The van der Waals surface area contributed by atoms with Gasteiger partial charge < -0.3 is 4.74 Å². The highest BCUT2D eigenvalue weighted by atomic mass is 19.1. The number of ether oxygens (including phenoxy) is 1. The van der Waals surface area contributed by atoms with Gasteiger partial charge in [0.1, 0.15) is 11.9 Å². The maximum atomic E-state index is 13.6. The number of carbonyl (C=O) groups is 1. The van der Waals surface area contributed by atoms with E-state index in [0.717, 1.165) is 5.56 Å². The fourth-order valence-corrected chi connectivity index (χ4v) is 2.06. The molecule has 3 nitrogen and oxygen atoms in total. The van der Waals surface area contributed by atoms with Crippen LogP contribution in [0.1, 0.15) is 24.1 Å². The molecule has 2 rings (SSSR count). The van der Waals surface area contributed by atoms with Crippen molar-refractivity contribution < 1.29 is 13.9 Å². The van der Waals surface area contributed by atoms with Gasteiger partial charge in [-0.15, -0.1) is 0 Å². The molecule has 0 saturated carbocycles. The van der Waals surface area contributed by atoms with Gasteiger partial charge in [0.15, 0.2) is 0 Å². The third kappa shape index (κ3) is 4.13. The fourth-order valence-electron chi connectivity index (χ4n) is 2.06. The standard InChI is InChI=1S/C17H18FNO2/c1-2-21-17(20)16(13-8-4-3-5-9-13)19-12-14-10-6-7-11-15(14)18/h3-11,16,19H,2,12H2,1H3. The molecule has 0 aliphatic rings. The molecule has 1 atom stereocenters. The van der Waals surface area contributed by atoms with E-state index in [4.69, 9.17) is 4.74 Å². The van der Waals surface area contributed by atoms with Gasteiger partial charge in [0, 0.05) is 12.1 Å². The summed E-state index contributed by atoms with van der Waals surface area (Å²) in [4.78, 5) is 12.1. The first-order valence-electron chi connectivity index (χ1n) is 6.90. The summed E-state index contributed by atoms with van der Waals surface area (Å²) in [7, 11) is 0. The van der Waals surface area contributed by atoms with Crippen LogP contribution in [0.2, 0.25) is 0 Å². The number of benzene rings is 2. The third-order valence-corrected chi connectivity index (χ3v) is 3.11. The van der Waals surface area contributed by atoms with Crippen molar-refractivity contribution in [1.29, 1.82) is 0 Å². The first-order valence-corrected chi connectivity index (χ1v) is 6.90. The molecule has 0 aliphatic heterocycles. The molecule has 0 saturated heterocycles. The Morgan fingerprint density at radius 1 is 1.14 bits per heavy atom. The summed E-state index contributed by atoms with van der Waals surface area (Å²) in [5, 5.41) is 3.06. The van der Waals surface area contributed by atoms with Gasteiger partial charge in [-0.1, -0.05) is 48.5 Å². The predicted octanol–water partition coefficient (Wildman–Crippen LogP) is 3.22. The van der Waals surface area contributed by atoms with Crippen LogP contribution in [0.3, 0.4) is 0 Å². The number of rotatable bonds is 6. The molecule has 0 aromatic heterocycles. The SMILES string of the molecule is CCOC(=O)C(NCc1ccccc1F)c1ccccc1. The van der Waals surface area contributed by atoms with Crippen molar-refractivity contribution in [3.05, 3.63) is 71.5 Å². The van der Waals surface area contributed by atoms with Crippen molar-refractivity contribution in [2.75, 3.05) is 6.61 Å². The van der Waals surface area contributed by atoms with Crippen LogP contribution in [0.4, 0.5) is 4.39 Å². The zero-order valence-electron chi connectivity index (χ0n) is 11.9. The van der Waals surface area contributed by atoms with Gasteiger partial charge in [-0.2, -0.15) is 0 Å². The highest BCUT2D eigenvalue weighted by Crippen LogP contribution is 2.16. The number of halogens is 1. The van der Waals surface area contributed by atoms with Gasteiger partial charge in [0.05, 0.1) is 6.61 Å². The molecule has 21 heavy (non-hydrogen) atoms. The van der Waals surface area contributed by atoms with Crippen LogP contribution < -0.4 is 5.32 Å². The topological polar surface area (TPSA) is 38.3 Å². The average Bonchev–Trinajstić information content (AvgIpc) is 2.50. The molecule has 0 aliphatic carbocycles. The van der Waals surface area contributed by atoms with Crippen molar-refractivity contribution >= 4 is 5.97 Å². The van der Waals surface area contributed by atoms with E-state index in [2.05, 4.69) is 5.32 Å². The van der Waals surface area contributed by atoms with E-state index in [1.165, 1.54) is 6.07 Å². The first-order chi connectivity index (χ1) is 10.2. The molecule has 0 fully saturated rings. The van der Waals surface area contributed by atoms with Crippen LogP contribution in [-0.2, 0) is 16.1 Å². The van der Waals surface area contributed by atoms with Crippen molar-refractivity contribution in [2.24, 2.45) is 0 Å². The zero-order chi connectivity index (χ0) is 15.1. The van der Waals surface area contributed by atoms with Crippen LogP contribution in [0.25, 0.3) is 0 Å². The number of carbonyl (C=O) groups excluding carboxylic acids is 1. The Morgan fingerprint density at radius 3 is 2.48 bits per heavy atom. The lowest BCUT2D eigenvalue weighted by Gasteiger charge is -2.18. The molecule has 1 N–H and O–H groups in total. The molecule has 2 aromatic rings. The number of esters is 1. The van der Waals surface area contributed by atoms with Crippen LogP contribution in [0.15, 0.2) is 54.6 Å². The molecule has 2 aromatic carbocycles. The number of hydrogen-bond donors (Lipinski definition) is 1. The van der Waals surface area contributed by atoms with E-state index in [1.54, 1.807) is 25.1 Å². The normalized spacial score (nSPS) is 11.9. The van der Waals surface area contributed by atoms with Gasteiger partial charge >= 0.3 is 5.97 Å². The second-order valence-electron chi connectivity index (χ2n) is 4.57. The lowest BCUT2D eigenvalue weighted by Crippen LogP contribution is -2.30. The van der Waals surface area contributed by atoms with E-state index >= 15 is 0 Å². The van der Waals surface area contributed by atoms with Gasteiger partial charge in [-0.05, 0) is 18.6 Å². The predicted molar refractivity (Wildman–Crippen MR) is 79.1 cm³/mol. The second-order valence-corrected chi connectivity index (χ2v) is 4.57. The Labute approximate surface area is 123 Å². The zero-order valence-corrected chi connectivity index (χ0v) is 11.9. The molecule has 1 unspecified atom stereocenters. The number of nitrogens with one attached hydrogen (secondary N) is 1. The summed E-state index contributed by atoms with van der Waals surface area (Å²) in [6.07, 6.45) is 0. The molecule has 4 heteroatoms. The Balaban J connectivity index is 2.13. The number of hydrogen-bond acceptors (Lipinski definition) is 3. The Hall–Kier alpha value is -2.20. The molecular formula is C17H18FNO2. The summed E-state index contributed by atoms with van der Waals surface area (Å²) in [6.45, 7) is 2.32. The molecule has 0 radical (unpaired) electrons. The highest BCUT2D eigenvalue weighted by Gasteiger charge is 2.21. The monoisotopic (exact) mass is 287 g/mol. The molecule has 0 heterocycles. The van der Waals surface area contributed by atoms with Crippen LogP contribution in [0.5, 0.6) is 0 Å². The van der Waals surface area contributed by atoms with Crippen molar-refractivity contribution in [1.82, 2.24) is 5.32 Å². The van der Waals surface area contributed by atoms with Gasteiger partial charge in [0.25, 0.3) is 0 Å². The maximum absolute atomic E-state index is 13.6. The van der Waals surface area contributed by atoms with E-state index < -0.39 is 6.04 Å². The van der Waals surface area contributed by atoms with E-state index in [-0.39, 0.29) is 18.3 Å². The second kappa shape index (κ2) is 7.55. The minimum Gasteiger partial charge on any atom is -0.465 e. The van der Waals surface area contributed by atoms with E-state index in [0.29, 0.717) is 12.2 Å². The molecule has 0 bridgehead atoms. The first kappa shape index (κ1) is 15.2. The minimum absolute atomic E-state index is 0.255. The third-order valence-electron chi connectivity index (χ3n) is 3.11. The van der Waals surface area contributed by atoms with E-state index in [1.807, 2.05) is 30.3 Å². The summed E-state index contributed by atoms with van der Waals surface area (Å²) in [5.74, 6) is -0.652. The average molecular weight is 287 g/mol. The Morgan fingerprint density at radius 2 is 1.81 bits per heavy atom. The maximum Gasteiger partial charge on any atom is 0.327 e. The molecule has 0 spiro atoms. The van der Waals surface area contributed by atoms with Gasteiger partial charge in [-0.25, -0.2) is 9.18 Å². The minimum atomic E-state index is -0.606. The molecule has 110 valence electrons. The van der Waals surface area contributed by atoms with Gasteiger partial charge in [-0.3, -0.25) is 5.32 Å². The Kier molecular flexibility index (Phi) is 5.46. The van der Waals surface area contributed by atoms with Crippen molar-refractivity contribution in [3.63, 3.8) is 0 Å². The summed E-state index contributed by atoms with van der Waals surface area (Å²) in [6, 6.07) is 15.2. The molecule has 0 amide bonds. The molecular weight excluding hydrogens is 269 g/mol. The lowest BCUT2D eigenvalue weighted by molar-refractivity contribution is -0.145. The van der Waals surface area contributed by atoms with Crippen LogP contribution in [-0.4, -0.2) is 12.6 Å². The Bertz CT molecular complexity index is 586. The van der Waals surface area contributed by atoms with Crippen LogP contribution >= 0.6 is 0 Å². The fraction of sp³-hybridized carbons (Fsp3) is 0.235.